The third kappa shape index (κ3) is 2.74. The van der Waals surface area contributed by atoms with Crippen LogP contribution < -0.4 is 4.31 Å². The molecule has 1 aromatic carbocycles. The van der Waals surface area contributed by atoms with Gasteiger partial charge in [0.25, 0.3) is 10.0 Å². The molecule has 0 aromatic heterocycles. The van der Waals surface area contributed by atoms with Crippen LogP contribution in [0.3, 0.4) is 0 Å². The van der Waals surface area contributed by atoms with Gasteiger partial charge in [-0.1, -0.05) is 13.0 Å². The van der Waals surface area contributed by atoms with Crippen molar-refractivity contribution in [2.75, 3.05) is 11.4 Å². The Morgan fingerprint density at radius 3 is 2.65 bits per heavy atom. The van der Waals surface area contributed by atoms with Gasteiger partial charge in [0.15, 0.2) is 5.25 Å². The van der Waals surface area contributed by atoms with E-state index in [-0.39, 0.29) is 12.1 Å². The van der Waals surface area contributed by atoms with Crippen molar-refractivity contribution in [1.82, 2.24) is 0 Å². The maximum Gasteiger partial charge on any atom is 0.251 e. The molecule has 1 atom stereocenters. The molecular weight excluding hydrogens is 243 g/mol. The van der Waals surface area contributed by atoms with Gasteiger partial charge in [-0.15, -0.1) is 0 Å². The molecule has 0 spiro atoms. The van der Waals surface area contributed by atoms with Gasteiger partial charge in [-0.05, 0) is 24.6 Å². The van der Waals surface area contributed by atoms with E-state index in [2.05, 4.69) is 0 Å². The zero-order valence-corrected chi connectivity index (χ0v) is 10.4. The number of hydrogen-bond donors (Lipinski definition) is 0. The summed E-state index contributed by atoms with van der Waals surface area (Å²) in [5, 5.41) is 7.67. The smallest absolute Gasteiger partial charge is 0.251 e. The predicted molar refractivity (Wildman–Crippen MR) is 63.4 cm³/mol. The Balaban J connectivity index is 3.14. The summed E-state index contributed by atoms with van der Waals surface area (Å²) < 4.78 is 37.9. The van der Waals surface area contributed by atoms with Crippen molar-refractivity contribution in [2.24, 2.45) is 0 Å². The van der Waals surface area contributed by atoms with E-state index in [1.165, 1.54) is 25.2 Å². The lowest BCUT2D eigenvalue weighted by molar-refractivity contribution is 0.585. The van der Waals surface area contributed by atoms with Gasteiger partial charge in [-0.25, -0.2) is 12.8 Å². The van der Waals surface area contributed by atoms with Gasteiger partial charge in [0.2, 0.25) is 0 Å². The Morgan fingerprint density at radius 2 is 2.18 bits per heavy atom. The highest BCUT2D eigenvalue weighted by Crippen LogP contribution is 2.20. The average molecular weight is 256 g/mol. The minimum Gasteiger partial charge on any atom is -0.272 e. The predicted octanol–water partition coefficient (Wildman–Crippen LogP) is 1.89. The molecule has 1 aromatic rings. The quantitative estimate of drug-likeness (QED) is 0.826. The van der Waals surface area contributed by atoms with Crippen LogP contribution in [0.25, 0.3) is 0 Å². The van der Waals surface area contributed by atoms with E-state index in [9.17, 15) is 12.8 Å². The van der Waals surface area contributed by atoms with E-state index in [0.29, 0.717) is 0 Å². The van der Waals surface area contributed by atoms with Crippen molar-refractivity contribution in [3.63, 3.8) is 0 Å². The summed E-state index contributed by atoms with van der Waals surface area (Å²) in [5.74, 6) is -0.519. The molecule has 0 aliphatic carbocycles. The van der Waals surface area contributed by atoms with Crippen LogP contribution in [0.4, 0.5) is 10.1 Å². The summed E-state index contributed by atoms with van der Waals surface area (Å²) in [6.07, 6.45) is 0.193. The number of halogens is 1. The fraction of sp³-hybridized carbons (Fsp3) is 0.364. The molecule has 0 radical (unpaired) electrons. The van der Waals surface area contributed by atoms with Crippen LogP contribution in [0.1, 0.15) is 13.3 Å². The van der Waals surface area contributed by atoms with Crippen molar-refractivity contribution in [3.05, 3.63) is 30.1 Å². The second-order valence-corrected chi connectivity index (χ2v) is 5.67. The summed E-state index contributed by atoms with van der Waals surface area (Å²) >= 11 is 0. The molecule has 0 N–H and O–H groups in total. The number of nitrogens with zero attached hydrogens (tertiary/aromatic N) is 2. The van der Waals surface area contributed by atoms with Gasteiger partial charge in [0.05, 0.1) is 11.8 Å². The maximum atomic E-state index is 13.0. The van der Waals surface area contributed by atoms with E-state index in [4.69, 9.17) is 5.26 Å². The molecule has 0 bridgehead atoms. The highest BCUT2D eigenvalue weighted by molar-refractivity contribution is 7.93. The van der Waals surface area contributed by atoms with E-state index in [1.54, 1.807) is 13.0 Å². The summed E-state index contributed by atoms with van der Waals surface area (Å²) in [7, 11) is -2.46. The van der Waals surface area contributed by atoms with Gasteiger partial charge >= 0.3 is 0 Å². The van der Waals surface area contributed by atoms with Crippen molar-refractivity contribution in [2.45, 2.75) is 18.6 Å². The van der Waals surface area contributed by atoms with Gasteiger partial charge in [-0.3, -0.25) is 4.31 Å². The molecule has 6 heteroatoms. The van der Waals surface area contributed by atoms with Gasteiger partial charge < -0.3 is 0 Å². The topological polar surface area (TPSA) is 61.2 Å². The largest absolute Gasteiger partial charge is 0.272 e. The number of sulfonamides is 1. The lowest BCUT2D eigenvalue weighted by atomic mass is 10.3. The van der Waals surface area contributed by atoms with Crippen LogP contribution in [-0.2, 0) is 10.0 Å². The number of rotatable bonds is 4. The SMILES string of the molecule is CCC(C#N)S(=O)(=O)N(C)c1cccc(F)c1. The Bertz CT molecular complexity index is 537. The van der Waals surface area contributed by atoms with Gasteiger partial charge in [0, 0.05) is 7.05 Å². The first-order chi connectivity index (χ1) is 7.93. The fourth-order valence-electron chi connectivity index (χ4n) is 1.38. The van der Waals surface area contributed by atoms with Crippen LogP contribution in [0.5, 0.6) is 0 Å². The summed E-state index contributed by atoms with van der Waals surface area (Å²) in [6, 6.07) is 6.97. The third-order valence-corrected chi connectivity index (χ3v) is 4.56. The lowest BCUT2D eigenvalue weighted by Crippen LogP contribution is -2.35. The fourth-order valence-corrected chi connectivity index (χ4v) is 2.72. The highest BCUT2D eigenvalue weighted by Gasteiger charge is 2.28. The Labute approximate surface area is 100 Å². The number of anilines is 1. The van der Waals surface area contributed by atoms with E-state index in [0.717, 1.165) is 10.4 Å². The molecule has 4 nitrogen and oxygen atoms in total. The van der Waals surface area contributed by atoms with Crippen LogP contribution in [-0.4, -0.2) is 20.7 Å². The summed E-state index contributed by atoms with van der Waals surface area (Å²) in [4.78, 5) is 0. The number of nitriles is 1. The molecule has 0 amide bonds. The number of hydrogen-bond acceptors (Lipinski definition) is 3. The molecule has 1 unspecified atom stereocenters. The summed E-state index contributed by atoms with van der Waals surface area (Å²) in [6.45, 7) is 1.62. The molecular formula is C11H13FN2O2S. The zero-order chi connectivity index (χ0) is 13.1. The molecule has 17 heavy (non-hydrogen) atoms. The standard InChI is InChI=1S/C11H13FN2O2S/c1-3-11(8-13)17(15,16)14(2)10-6-4-5-9(12)7-10/h4-7,11H,3H2,1-2H3. The van der Waals surface area contributed by atoms with Gasteiger partial charge in [-0.2, -0.15) is 5.26 Å². The number of benzene rings is 1. The third-order valence-electron chi connectivity index (χ3n) is 2.43. The molecule has 0 saturated heterocycles. The van der Waals surface area contributed by atoms with Gasteiger partial charge in [0.1, 0.15) is 5.82 Å². The Hall–Kier alpha value is -1.61. The van der Waals surface area contributed by atoms with E-state index < -0.39 is 21.1 Å². The first-order valence-corrected chi connectivity index (χ1v) is 6.56. The first kappa shape index (κ1) is 13.5. The second-order valence-electron chi connectivity index (χ2n) is 3.52. The van der Waals surface area contributed by atoms with Crippen molar-refractivity contribution >= 4 is 15.7 Å². The van der Waals surface area contributed by atoms with Crippen molar-refractivity contribution in [1.29, 1.82) is 5.26 Å². The Morgan fingerprint density at radius 1 is 1.53 bits per heavy atom. The first-order valence-electron chi connectivity index (χ1n) is 5.06. The summed E-state index contributed by atoms with van der Waals surface area (Å²) in [5.41, 5.74) is 0.207. The molecule has 0 saturated carbocycles. The zero-order valence-electron chi connectivity index (χ0n) is 9.59. The molecule has 0 aliphatic rings. The lowest BCUT2D eigenvalue weighted by Gasteiger charge is -2.21. The Kier molecular flexibility index (Phi) is 4.07. The molecule has 0 aliphatic heterocycles. The van der Waals surface area contributed by atoms with Crippen LogP contribution in [0, 0.1) is 17.1 Å². The van der Waals surface area contributed by atoms with Crippen molar-refractivity contribution < 1.29 is 12.8 Å². The van der Waals surface area contributed by atoms with E-state index in [1.807, 2.05) is 0 Å². The highest BCUT2D eigenvalue weighted by atomic mass is 32.2. The van der Waals surface area contributed by atoms with Crippen LogP contribution in [0.2, 0.25) is 0 Å². The van der Waals surface area contributed by atoms with E-state index >= 15 is 0 Å². The molecule has 1 rings (SSSR count). The van der Waals surface area contributed by atoms with Crippen LogP contribution in [0.15, 0.2) is 24.3 Å². The van der Waals surface area contributed by atoms with Crippen molar-refractivity contribution in [3.8, 4) is 6.07 Å². The minimum absolute atomic E-state index is 0.193. The average Bonchev–Trinajstić information content (AvgIpc) is 2.29. The molecule has 92 valence electrons. The molecule has 0 fully saturated rings. The molecule has 0 heterocycles. The van der Waals surface area contributed by atoms with Crippen LogP contribution >= 0.6 is 0 Å². The normalized spacial score (nSPS) is 12.8. The second kappa shape index (κ2) is 5.15. The maximum absolute atomic E-state index is 13.0. The minimum atomic E-state index is -3.77. The monoisotopic (exact) mass is 256 g/mol.